The maximum Gasteiger partial charge on any atom is 0.194 e. The maximum absolute atomic E-state index is 6.16. The molecule has 0 aliphatic carbocycles. The summed E-state index contributed by atoms with van der Waals surface area (Å²) in [4.78, 5) is 16.5. The molecule has 2 atom stereocenters. The molecule has 3 saturated heterocycles. The van der Waals surface area contributed by atoms with Crippen LogP contribution in [0.2, 0.25) is 0 Å². The number of morpholine rings is 1. The summed E-state index contributed by atoms with van der Waals surface area (Å²) < 4.78 is 6.16. The molecule has 4 heterocycles. The first-order valence-electron chi connectivity index (χ1n) is 12.4. The lowest BCUT2D eigenvalue weighted by atomic mass is 10.1. The average molecular weight is 449 g/mol. The molecule has 1 N–H and O–H groups in total. The number of nitrogens with zero attached hydrogens (tertiary/aromatic N) is 5. The molecule has 3 aliphatic rings. The van der Waals surface area contributed by atoms with Gasteiger partial charge in [0.2, 0.25) is 0 Å². The maximum atomic E-state index is 6.16. The molecule has 3 fully saturated rings. The summed E-state index contributed by atoms with van der Waals surface area (Å²) in [5.74, 6) is 2.05. The second-order valence-corrected chi connectivity index (χ2v) is 9.31. The Morgan fingerprint density at radius 2 is 1.91 bits per heavy atom. The van der Waals surface area contributed by atoms with Crippen molar-refractivity contribution in [2.24, 2.45) is 4.99 Å². The number of aromatic nitrogens is 1. The Labute approximate surface area is 197 Å². The lowest BCUT2D eigenvalue weighted by Gasteiger charge is -2.36. The van der Waals surface area contributed by atoms with E-state index in [1.54, 1.807) is 0 Å². The fraction of sp³-hybridized carbons (Fsp3) is 0.538. The number of hydrogen-bond donors (Lipinski definition) is 1. The quantitative estimate of drug-likeness (QED) is 0.561. The minimum atomic E-state index is 0.229. The zero-order chi connectivity index (χ0) is 22.5. The number of nitrogens with one attached hydrogen (secondary N) is 1. The monoisotopic (exact) mass is 448 g/mol. The molecule has 33 heavy (non-hydrogen) atoms. The normalized spacial score (nSPS) is 24.1. The van der Waals surface area contributed by atoms with Crippen molar-refractivity contribution in [2.75, 3.05) is 51.3 Å². The van der Waals surface area contributed by atoms with E-state index in [0.29, 0.717) is 6.04 Å². The highest BCUT2D eigenvalue weighted by molar-refractivity contribution is 5.80. The molecule has 2 aromatic rings. The summed E-state index contributed by atoms with van der Waals surface area (Å²) in [5, 5.41) is 3.59. The van der Waals surface area contributed by atoms with Gasteiger partial charge in [-0.25, -0.2) is 4.98 Å². The van der Waals surface area contributed by atoms with Crippen LogP contribution < -0.4 is 10.2 Å². The standard InChI is InChI=1S/C26H36N6O/c1-27-26(29-17-22-10-11-28-25(16-22)30-12-6-3-7-13-30)32-19-23-24(20-32)33-15-14-31(23)18-21-8-4-2-5-9-21/h2,4-5,8-11,16,23-24H,3,6-7,12-15,17-20H2,1H3,(H,27,29). The molecule has 7 heteroatoms. The van der Waals surface area contributed by atoms with Gasteiger partial charge in [-0.05, 0) is 42.5 Å². The van der Waals surface area contributed by atoms with Crippen LogP contribution >= 0.6 is 0 Å². The van der Waals surface area contributed by atoms with Crippen LogP contribution in [0, 0.1) is 0 Å². The summed E-state index contributed by atoms with van der Waals surface area (Å²) in [6, 6.07) is 15.5. The van der Waals surface area contributed by atoms with Crippen LogP contribution in [0.5, 0.6) is 0 Å². The Bertz CT molecular complexity index is 929. The zero-order valence-electron chi connectivity index (χ0n) is 19.7. The highest BCUT2D eigenvalue weighted by Gasteiger charge is 2.41. The van der Waals surface area contributed by atoms with Crippen molar-refractivity contribution in [3.8, 4) is 0 Å². The van der Waals surface area contributed by atoms with E-state index in [-0.39, 0.29) is 6.10 Å². The van der Waals surface area contributed by atoms with Crippen molar-refractivity contribution in [1.82, 2.24) is 20.1 Å². The Kier molecular flexibility index (Phi) is 7.07. The number of benzene rings is 1. The summed E-state index contributed by atoms with van der Waals surface area (Å²) in [6.07, 6.45) is 6.02. The summed E-state index contributed by atoms with van der Waals surface area (Å²) >= 11 is 0. The number of aliphatic imine (C=N–C) groups is 1. The van der Waals surface area contributed by atoms with E-state index in [1.165, 1.54) is 30.4 Å². The molecule has 0 amide bonds. The largest absolute Gasteiger partial charge is 0.373 e. The van der Waals surface area contributed by atoms with Crippen LogP contribution in [-0.2, 0) is 17.8 Å². The van der Waals surface area contributed by atoms with E-state index in [9.17, 15) is 0 Å². The minimum absolute atomic E-state index is 0.229. The van der Waals surface area contributed by atoms with Crippen LogP contribution in [0.15, 0.2) is 53.7 Å². The predicted octanol–water partition coefficient (Wildman–Crippen LogP) is 2.73. The number of piperidine rings is 1. The molecule has 1 aromatic carbocycles. The van der Waals surface area contributed by atoms with Crippen LogP contribution in [0.4, 0.5) is 5.82 Å². The van der Waals surface area contributed by atoms with Gasteiger partial charge >= 0.3 is 0 Å². The van der Waals surface area contributed by atoms with E-state index in [0.717, 1.165) is 64.2 Å². The van der Waals surface area contributed by atoms with Crippen molar-refractivity contribution < 1.29 is 4.74 Å². The third-order valence-electron chi connectivity index (χ3n) is 7.10. The van der Waals surface area contributed by atoms with Gasteiger partial charge in [-0.1, -0.05) is 30.3 Å². The molecular weight excluding hydrogens is 412 g/mol. The molecule has 5 rings (SSSR count). The van der Waals surface area contributed by atoms with Crippen molar-refractivity contribution in [3.05, 3.63) is 59.8 Å². The molecule has 3 aliphatic heterocycles. The van der Waals surface area contributed by atoms with Crippen LogP contribution in [0.1, 0.15) is 30.4 Å². The number of pyridine rings is 1. The summed E-state index contributed by atoms with van der Waals surface area (Å²) in [7, 11) is 1.87. The number of fused-ring (bicyclic) bond motifs is 1. The lowest BCUT2D eigenvalue weighted by molar-refractivity contribution is -0.0502. The number of likely N-dealkylation sites (tertiary alicyclic amines) is 1. The fourth-order valence-electron chi connectivity index (χ4n) is 5.33. The smallest absolute Gasteiger partial charge is 0.194 e. The van der Waals surface area contributed by atoms with E-state index < -0.39 is 0 Å². The first kappa shape index (κ1) is 22.2. The van der Waals surface area contributed by atoms with Gasteiger partial charge in [0.25, 0.3) is 0 Å². The third-order valence-corrected chi connectivity index (χ3v) is 7.10. The number of guanidine groups is 1. The Hall–Kier alpha value is -2.64. The summed E-state index contributed by atoms with van der Waals surface area (Å²) in [5.41, 5.74) is 2.60. The van der Waals surface area contributed by atoms with Gasteiger partial charge in [0.05, 0.1) is 18.8 Å². The Morgan fingerprint density at radius 1 is 1.06 bits per heavy atom. The second-order valence-electron chi connectivity index (χ2n) is 9.31. The fourth-order valence-corrected chi connectivity index (χ4v) is 5.33. The number of ether oxygens (including phenoxy) is 1. The molecule has 2 unspecified atom stereocenters. The molecule has 0 radical (unpaired) electrons. The predicted molar refractivity (Wildman–Crippen MR) is 132 cm³/mol. The Balaban J connectivity index is 1.20. The van der Waals surface area contributed by atoms with Crippen molar-refractivity contribution >= 4 is 11.8 Å². The van der Waals surface area contributed by atoms with Crippen LogP contribution in [0.25, 0.3) is 0 Å². The summed E-state index contributed by atoms with van der Waals surface area (Å²) in [6.45, 7) is 7.54. The molecular formula is C26H36N6O. The molecule has 1 aromatic heterocycles. The van der Waals surface area contributed by atoms with Gasteiger partial charge in [0.15, 0.2) is 5.96 Å². The molecule has 176 valence electrons. The highest BCUT2D eigenvalue weighted by Crippen LogP contribution is 2.25. The second kappa shape index (κ2) is 10.5. The minimum Gasteiger partial charge on any atom is -0.373 e. The molecule has 0 saturated carbocycles. The zero-order valence-corrected chi connectivity index (χ0v) is 19.7. The van der Waals surface area contributed by atoms with Gasteiger partial charge in [0, 0.05) is 59.1 Å². The van der Waals surface area contributed by atoms with Crippen molar-refractivity contribution in [3.63, 3.8) is 0 Å². The topological polar surface area (TPSA) is 56.2 Å². The van der Waals surface area contributed by atoms with Crippen LogP contribution in [-0.4, -0.2) is 79.3 Å². The third kappa shape index (κ3) is 5.31. The van der Waals surface area contributed by atoms with E-state index in [4.69, 9.17) is 4.74 Å². The van der Waals surface area contributed by atoms with E-state index in [2.05, 4.69) is 72.5 Å². The number of hydrogen-bond acceptors (Lipinski definition) is 5. The van der Waals surface area contributed by atoms with Gasteiger partial charge < -0.3 is 19.9 Å². The van der Waals surface area contributed by atoms with Crippen molar-refractivity contribution in [1.29, 1.82) is 0 Å². The molecule has 0 bridgehead atoms. The SMILES string of the molecule is CN=C(NCc1ccnc(N2CCCCC2)c1)N1CC2OCCN(Cc3ccccc3)C2C1. The first-order chi connectivity index (χ1) is 16.3. The highest BCUT2D eigenvalue weighted by atomic mass is 16.5. The van der Waals surface area contributed by atoms with Gasteiger partial charge in [0.1, 0.15) is 5.82 Å². The number of rotatable bonds is 5. The molecule has 7 nitrogen and oxygen atoms in total. The Morgan fingerprint density at radius 3 is 2.73 bits per heavy atom. The van der Waals surface area contributed by atoms with Crippen molar-refractivity contribution in [2.45, 2.75) is 44.5 Å². The number of anilines is 1. The average Bonchev–Trinajstić information content (AvgIpc) is 3.31. The van der Waals surface area contributed by atoms with Crippen LogP contribution in [0.3, 0.4) is 0 Å². The van der Waals surface area contributed by atoms with Gasteiger partial charge in [-0.15, -0.1) is 0 Å². The van der Waals surface area contributed by atoms with Gasteiger partial charge in [-0.2, -0.15) is 0 Å². The van der Waals surface area contributed by atoms with Gasteiger partial charge in [-0.3, -0.25) is 9.89 Å². The molecule has 0 spiro atoms. The first-order valence-corrected chi connectivity index (χ1v) is 12.4. The van der Waals surface area contributed by atoms with E-state index in [1.807, 2.05) is 13.2 Å². The lowest BCUT2D eigenvalue weighted by Crippen LogP contribution is -2.50. The van der Waals surface area contributed by atoms with E-state index >= 15 is 0 Å².